The fraction of sp³-hybridized carbons (Fsp3) is 0.235. The molecule has 8 heteroatoms. The molecule has 7 nitrogen and oxygen atoms in total. The number of amides is 1. The molecule has 0 saturated carbocycles. The normalized spacial score (nSPS) is 13.1. The zero-order chi connectivity index (χ0) is 18.6. The van der Waals surface area contributed by atoms with Gasteiger partial charge in [-0.2, -0.15) is 0 Å². The van der Waals surface area contributed by atoms with Crippen molar-refractivity contribution in [2.75, 3.05) is 0 Å². The third-order valence-electron chi connectivity index (χ3n) is 3.64. The number of phenolic OH excluding ortho intramolecular Hbond substituents is 1. The molecular formula is C17H17FN2O5. The molecule has 0 fully saturated rings. The van der Waals surface area contributed by atoms with Gasteiger partial charge in [0.05, 0.1) is 11.0 Å². The molecule has 0 aliphatic carbocycles. The second-order valence-corrected chi connectivity index (χ2v) is 5.64. The number of nitrogens with one attached hydrogen (secondary N) is 1. The lowest BCUT2D eigenvalue weighted by atomic mass is 10.0. The van der Waals surface area contributed by atoms with E-state index in [2.05, 4.69) is 5.32 Å². The van der Waals surface area contributed by atoms with E-state index >= 15 is 0 Å². The van der Waals surface area contributed by atoms with Crippen LogP contribution in [0.25, 0.3) is 0 Å². The number of carbonyl (C=O) groups is 1. The second-order valence-electron chi connectivity index (χ2n) is 5.64. The van der Waals surface area contributed by atoms with Crippen LogP contribution in [0.2, 0.25) is 0 Å². The predicted molar refractivity (Wildman–Crippen MR) is 87.7 cm³/mol. The molecule has 3 N–H and O–H groups in total. The highest BCUT2D eigenvalue weighted by Crippen LogP contribution is 2.26. The van der Waals surface area contributed by atoms with Crippen molar-refractivity contribution in [2.45, 2.75) is 25.5 Å². The number of carbonyl (C=O) groups excluding carboxylic acids is 1. The minimum atomic E-state index is -0.888. The van der Waals surface area contributed by atoms with Crippen LogP contribution in [0.4, 0.5) is 10.1 Å². The second kappa shape index (κ2) is 7.71. The van der Waals surface area contributed by atoms with Gasteiger partial charge in [-0.15, -0.1) is 0 Å². The predicted octanol–water partition coefficient (Wildman–Crippen LogP) is 2.68. The average Bonchev–Trinajstić information content (AvgIpc) is 2.54. The summed E-state index contributed by atoms with van der Waals surface area (Å²) in [6, 6.07) is 8.26. The van der Waals surface area contributed by atoms with Gasteiger partial charge in [-0.3, -0.25) is 14.9 Å². The highest BCUT2D eigenvalue weighted by molar-refractivity contribution is 5.95. The Kier molecular flexibility index (Phi) is 5.66. The van der Waals surface area contributed by atoms with E-state index < -0.39 is 40.2 Å². The van der Waals surface area contributed by atoms with Crippen LogP contribution in [-0.4, -0.2) is 27.1 Å². The van der Waals surface area contributed by atoms with Gasteiger partial charge < -0.3 is 15.5 Å². The zero-order valence-corrected chi connectivity index (χ0v) is 13.3. The summed E-state index contributed by atoms with van der Waals surface area (Å²) >= 11 is 0. The SMILES string of the molecule is C[C@@H](C[C@H](O)c1ccc(F)cc1)NC(=O)c1ccc([N+](=O)[O-])c(O)c1. The van der Waals surface area contributed by atoms with Gasteiger partial charge in [0, 0.05) is 17.7 Å². The first-order valence-corrected chi connectivity index (χ1v) is 7.49. The Hall–Kier alpha value is -3.00. The molecule has 0 bridgehead atoms. The Balaban J connectivity index is 1.98. The van der Waals surface area contributed by atoms with Gasteiger partial charge in [0.2, 0.25) is 0 Å². The van der Waals surface area contributed by atoms with Crippen molar-refractivity contribution in [3.63, 3.8) is 0 Å². The summed E-state index contributed by atoms with van der Waals surface area (Å²) in [6.45, 7) is 1.68. The molecule has 2 aromatic rings. The molecule has 2 rings (SSSR count). The number of aliphatic hydroxyl groups is 1. The summed E-state index contributed by atoms with van der Waals surface area (Å²) in [4.78, 5) is 22.0. The maximum atomic E-state index is 12.9. The Morgan fingerprint density at radius 1 is 1.28 bits per heavy atom. The number of rotatable bonds is 6. The van der Waals surface area contributed by atoms with Crippen molar-refractivity contribution >= 4 is 11.6 Å². The van der Waals surface area contributed by atoms with Gasteiger partial charge in [-0.1, -0.05) is 12.1 Å². The smallest absolute Gasteiger partial charge is 0.310 e. The lowest BCUT2D eigenvalue weighted by molar-refractivity contribution is -0.385. The molecule has 1 amide bonds. The van der Waals surface area contributed by atoms with E-state index in [0.717, 1.165) is 12.1 Å². The number of nitro benzene ring substituents is 1. The number of hydrogen-bond acceptors (Lipinski definition) is 5. The third kappa shape index (κ3) is 4.74. The van der Waals surface area contributed by atoms with Crippen molar-refractivity contribution in [3.8, 4) is 5.75 Å². The molecule has 0 radical (unpaired) electrons. The number of benzene rings is 2. The highest BCUT2D eigenvalue weighted by Gasteiger charge is 2.19. The number of nitro groups is 1. The van der Waals surface area contributed by atoms with E-state index in [0.29, 0.717) is 5.56 Å². The molecule has 2 atom stereocenters. The number of nitrogens with zero attached hydrogens (tertiary/aromatic N) is 1. The van der Waals surface area contributed by atoms with E-state index in [1.165, 1.54) is 30.3 Å². The molecule has 132 valence electrons. The maximum absolute atomic E-state index is 12.9. The van der Waals surface area contributed by atoms with Crippen LogP contribution in [-0.2, 0) is 0 Å². The molecule has 25 heavy (non-hydrogen) atoms. The van der Waals surface area contributed by atoms with Crippen molar-refractivity contribution in [2.24, 2.45) is 0 Å². The van der Waals surface area contributed by atoms with Crippen LogP contribution < -0.4 is 5.32 Å². The monoisotopic (exact) mass is 348 g/mol. The number of aromatic hydroxyl groups is 1. The number of hydrogen-bond donors (Lipinski definition) is 3. The number of halogens is 1. The minimum Gasteiger partial charge on any atom is -0.502 e. The Morgan fingerprint density at radius 3 is 2.48 bits per heavy atom. The number of aliphatic hydroxyl groups excluding tert-OH is 1. The third-order valence-corrected chi connectivity index (χ3v) is 3.64. The molecule has 0 spiro atoms. The topological polar surface area (TPSA) is 113 Å². The van der Waals surface area contributed by atoms with Crippen molar-refractivity contribution < 1.29 is 24.3 Å². The molecule has 0 saturated heterocycles. The van der Waals surface area contributed by atoms with Crippen molar-refractivity contribution in [1.29, 1.82) is 0 Å². The lowest BCUT2D eigenvalue weighted by Gasteiger charge is -2.18. The maximum Gasteiger partial charge on any atom is 0.310 e. The molecular weight excluding hydrogens is 331 g/mol. The van der Waals surface area contributed by atoms with E-state index in [4.69, 9.17) is 0 Å². The standard InChI is InChI=1S/C17H17FN2O5/c1-10(8-15(21)11-2-5-13(18)6-3-11)19-17(23)12-4-7-14(20(24)25)16(22)9-12/h2-7,9-10,15,21-22H,8H2,1H3,(H,19,23)/t10-,15-/m0/s1. The first-order chi connectivity index (χ1) is 11.8. The molecule has 2 aromatic carbocycles. The summed E-state index contributed by atoms with van der Waals surface area (Å²) in [6.07, 6.45) is -0.697. The van der Waals surface area contributed by atoms with Crippen LogP contribution in [0, 0.1) is 15.9 Å². The summed E-state index contributed by atoms with van der Waals surface area (Å²) in [5, 5.41) is 33.0. The van der Waals surface area contributed by atoms with Gasteiger partial charge in [0.25, 0.3) is 5.91 Å². The van der Waals surface area contributed by atoms with E-state index in [1.54, 1.807) is 6.92 Å². The largest absolute Gasteiger partial charge is 0.502 e. The van der Waals surface area contributed by atoms with Crippen LogP contribution >= 0.6 is 0 Å². The van der Waals surface area contributed by atoms with Crippen LogP contribution in [0.15, 0.2) is 42.5 Å². The van der Waals surface area contributed by atoms with Gasteiger partial charge >= 0.3 is 5.69 Å². The van der Waals surface area contributed by atoms with E-state index in [-0.39, 0.29) is 12.0 Å². The first kappa shape index (κ1) is 18.3. The molecule has 0 aliphatic rings. The minimum absolute atomic E-state index is 0.0613. The van der Waals surface area contributed by atoms with Crippen molar-refractivity contribution in [3.05, 3.63) is 69.5 Å². The van der Waals surface area contributed by atoms with Crippen molar-refractivity contribution in [1.82, 2.24) is 5.32 Å². The van der Waals surface area contributed by atoms with Gasteiger partial charge in [0.1, 0.15) is 5.82 Å². The Morgan fingerprint density at radius 2 is 1.92 bits per heavy atom. The quantitative estimate of drug-likeness (QED) is 0.549. The van der Waals surface area contributed by atoms with Crippen LogP contribution in [0.5, 0.6) is 5.75 Å². The lowest BCUT2D eigenvalue weighted by Crippen LogP contribution is -2.33. The van der Waals surface area contributed by atoms with Gasteiger partial charge in [0.15, 0.2) is 5.75 Å². The summed E-state index contributed by atoms with van der Waals surface area (Å²) in [5.41, 5.74) is 0.0954. The zero-order valence-electron chi connectivity index (χ0n) is 13.3. The first-order valence-electron chi connectivity index (χ1n) is 7.49. The highest BCUT2D eigenvalue weighted by atomic mass is 19.1. The summed E-state index contributed by atoms with van der Waals surface area (Å²) in [7, 11) is 0. The Labute approximate surface area is 142 Å². The molecule has 0 heterocycles. The van der Waals surface area contributed by atoms with Crippen LogP contribution in [0.1, 0.15) is 35.4 Å². The molecule has 0 aromatic heterocycles. The molecule has 0 unspecified atom stereocenters. The fourth-order valence-corrected chi connectivity index (χ4v) is 2.34. The fourth-order valence-electron chi connectivity index (χ4n) is 2.34. The van der Waals surface area contributed by atoms with Crippen LogP contribution in [0.3, 0.4) is 0 Å². The van der Waals surface area contributed by atoms with E-state index in [9.17, 15) is 29.5 Å². The van der Waals surface area contributed by atoms with E-state index in [1.807, 2.05) is 0 Å². The molecule has 0 aliphatic heterocycles. The summed E-state index contributed by atoms with van der Waals surface area (Å²) in [5.74, 6) is -1.55. The Bertz CT molecular complexity index is 779. The van der Waals surface area contributed by atoms with Gasteiger partial charge in [-0.05, 0) is 43.2 Å². The average molecular weight is 348 g/mol. The number of phenols is 1. The van der Waals surface area contributed by atoms with Gasteiger partial charge in [-0.25, -0.2) is 4.39 Å². The summed E-state index contributed by atoms with van der Waals surface area (Å²) < 4.78 is 12.9.